The number of anilines is 1. The molecule has 3 N–H and O–H groups in total. The fourth-order valence-electron chi connectivity index (χ4n) is 4.85. The molecular formula is C27H27Cl2N6O5S-. The van der Waals surface area contributed by atoms with Crippen LogP contribution in [0, 0.1) is 12.8 Å². The standard InChI is InChI=1S/C27H28Cl2N6O5S/c1-14-8-18(28)10-20(27(37)32-15(2)16-5-6-16)23(14)33-26(36)17-9-19(40-41(38)39)13-35(12-17)25-21(11-31-34-25)24-22(29)4-3-7-30-24/h3-4,7-10,13,15-16,21,31H,5-6,11-12H2,1-2H3,(H,32,37)(H,33,36)(H,38,39)/p-1. The zero-order valence-electron chi connectivity index (χ0n) is 22.1. The number of pyridine rings is 1. The van der Waals surface area contributed by atoms with Crippen molar-refractivity contribution in [3.8, 4) is 0 Å². The summed E-state index contributed by atoms with van der Waals surface area (Å²) < 4.78 is 27.7. The number of amides is 2. The Balaban J connectivity index is 1.42. The molecule has 0 radical (unpaired) electrons. The SMILES string of the molecule is Cc1cc(Cl)cc(C(=O)NC(C)C2CC2)c1NC(=O)C1=CC(OS(=O)[O-])=CN(C2=NNCC2c2ncccc2Cl)C1. The van der Waals surface area contributed by atoms with E-state index in [1.807, 2.05) is 6.92 Å². The Labute approximate surface area is 249 Å². The van der Waals surface area contributed by atoms with Crippen molar-refractivity contribution in [2.75, 3.05) is 18.4 Å². The second-order valence-corrected chi connectivity index (χ2v) is 11.5. The lowest BCUT2D eigenvalue weighted by Gasteiger charge is -2.29. The molecule has 2 aliphatic heterocycles. The van der Waals surface area contributed by atoms with E-state index in [0.717, 1.165) is 12.8 Å². The lowest BCUT2D eigenvalue weighted by atomic mass is 10.0. The first-order chi connectivity index (χ1) is 19.6. The second-order valence-electron chi connectivity index (χ2n) is 10.1. The van der Waals surface area contributed by atoms with Gasteiger partial charge in [-0.3, -0.25) is 14.6 Å². The van der Waals surface area contributed by atoms with Crippen LogP contribution in [0.25, 0.3) is 0 Å². The van der Waals surface area contributed by atoms with Crippen molar-refractivity contribution in [2.24, 2.45) is 11.0 Å². The van der Waals surface area contributed by atoms with Crippen molar-refractivity contribution in [1.29, 1.82) is 0 Å². The first-order valence-corrected chi connectivity index (χ1v) is 14.7. The van der Waals surface area contributed by atoms with E-state index in [4.69, 9.17) is 27.4 Å². The first-order valence-electron chi connectivity index (χ1n) is 12.9. The van der Waals surface area contributed by atoms with E-state index in [1.165, 1.54) is 18.3 Å². The van der Waals surface area contributed by atoms with Gasteiger partial charge in [-0.15, -0.1) is 0 Å². The molecule has 3 atom stereocenters. The Morgan fingerprint density at radius 1 is 1.27 bits per heavy atom. The van der Waals surface area contributed by atoms with Crippen LogP contribution in [0.4, 0.5) is 5.69 Å². The molecule has 1 saturated carbocycles. The minimum absolute atomic E-state index is 0.0147. The number of hydrazone groups is 1. The lowest BCUT2D eigenvalue weighted by molar-refractivity contribution is -0.113. The summed E-state index contributed by atoms with van der Waals surface area (Å²) in [6.07, 6.45) is 6.50. The summed E-state index contributed by atoms with van der Waals surface area (Å²) in [5.41, 5.74) is 4.79. The van der Waals surface area contributed by atoms with Crippen LogP contribution in [-0.4, -0.2) is 55.4 Å². The third kappa shape index (κ3) is 6.72. The largest absolute Gasteiger partial charge is 0.740 e. The van der Waals surface area contributed by atoms with Gasteiger partial charge in [0.2, 0.25) is 0 Å². The molecule has 3 heterocycles. The molecule has 0 bridgehead atoms. The van der Waals surface area contributed by atoms with Crippen LogP contribution < -0.4 is 16.1 Å². The summed E-state index contributed by atoms with van der Waals surface area (Å²) in [7, 11) is 0. The molecule has 41 heavy (non-hydrogen) atoms. The van der Waals surface area contributed by atoms with Crippen molar-refractivity contribution in [2.45, 2.75) is 38.6 Å². The summed E-state index contributed by atoms with van der Waals surface area (Å²) in [6.45, 7) is 4.11. The van der Waals surface area contributed by atoms with Crippen molar-refractivity contribution in [1.82, 2.24) is 20.6 Å². The molecule has 11 nitrogen and oxygen atoms in total. The number of rotatable bonds is 8. The van der Waals surface area contributed by atoms with Gasteiger partial charge in [0.1, 0.15) is 17.2 Å². The van der Waals surface area contributed by atoms with Crippen molar-refractivity contribution < 1.29 is 22.5 Å². The third-order valence-corrected chi connectivity index (χ3v) is 7.95. The quantitative estimate of drug-likeness (QED) is 0.379. The van der Waals surface area contributed by atoms with Crippen molar-refractivity contribution >= 4 is 57.9 Å². The summed E-state index contributed by atoms with van der Waals surface area (Å²) in [6, 6.07) is 6.57. The average molecular weight is 619 g/mol. The maximum Gasteiger partial charge on any atom is 0.253 e. The highest BCUT2D eigenvalue weighted by atomic mass is 35.5. The minimum atomic E-state index is -2.89. The van der Waals surface area contributed by atoms with Gasteiger partial charge in [-0.25, -0.2) is 4.21 Å². The second kappa shape index (κ2) is 12.2. The van der Waals surface area contributed by atoms with Crippen LogP contribution in [0.15, 0.2) is 59.2 Å². The highest BCUT2D eigenvalue weighted by Crippen LogP contribution is 2.34. The molecule has 1 fully saturated rings. The molecule has 1 aliphatic carbocycles. The first kappa shape index (κ1) is 29.1. The van der Waals surface area contributed by atoms with E-state index < -0.39 is 17.3 Å². The van der Waals surface area contributed by atoms with Crippen LogP contribution in [0.5, 0.6) is 0 Å². The number of amidine groups is 1. The van der Waals surface area contributed by atoms with Gasteiger partial charge in [0, 0.05) is 35.6 Å². The van der Waals surface area contributed by atoms with E-state index in [-0.39, 0.29) is 41.3 Å². The number of hydrogen-bond acceptors (Lipinski definition) is 9. The molecular weight excluding hydrogens is 591 g/mol. The van der Waals surface area contributed by atoms with Gasteiger partial charge >= 0.3 is 0 Å². The van der Waals surface area contributed by atoms with Crippen LogP contribution in [0.2, 0.25) is 10.0 Å². The van der Waals surface area contributed by atoms with Gasteiger partial charge in [-0.05, 0) is 68.5 Å². The van der Waals surface area contributed by atoms with Gasteiger partial charge < -0.3 is 29.7 Å². The molecule has 0 spiro atoms. The molecule has 0 saturated heterocycles. The van der Waals surface area contributed by atoms with Gasteiger partial charge in [0.15, 0.2) is 5.76 Å². The van der Waals surface area contributed by atoms with E-state index in [0.29, 0.717) is 45.3 Å². The number of aromatic nitrogens is 1. The predicted molar refractivity (Wildman–Crippen MR) is 155 cm³/mol. The normalized spacial score (nSPS) is 19.8. The lowest BCUT2D eigenvalue weighted by Crippen LogP contribution is -2.37. The minimum Gasteiger partial charge on any atom is -0.740 e. The van der Waals surface area contributed by atoms with E-state index >= 15 is 0 Å². The number of allylic oxidation sites excluding steroid dienone is 1. The topological polar surface area (TPSA) is 148 Å². The number of nitrogens with one attached hydrogen (secondary N) is 3. The Kier molecular flexibility index (Phi) is 8.64. The fraction of sp³-hybridized carbons (Fsp3) is 0.333. The number of carbonyl (C=O) groups excluding carboxylic acids is 2. The zero-order valence-corrected chi connectivity index (χ0v) is 24.5. The van der Waals surface area contributed by atoms with Crippen LogP contribution in [0.1, 0.15) is 47.3 Å². The maximum absolute atomic E-state index is 13.6. The fourth-order valence-corrected chi connectivity index (χ4v) is 5.63. The molecule has 216 valence electrons. The van der Waals surface area contributed by atoms with Crippen LogP contribution >= 0.6 is 23.2 Å². The van der Waals surface area contributed by atoms with Gasteiger partial charge in [-0.2, -0.15) is 5.10 Å². The summed E-state index contributed by atoms with van der Waals surface area (Å²) in [4.78, 5) is 32.8. The summed E-state index contributed by atoms with van der Waals surface area (Å²) in [5, 5.41) is 11.0. The monoisotopic (exact) mass is 617 g/mol. The zero-order chi connectivity index (χ0) is 29.3. The number of aryl methyl sites for hydroxylation is 1. The van der Waals surface area contributed by atoms with Crippen molar-refractivity contribution in [3.63, 3.8) is 0 Å². The Morgan fingerprint density at radius 3 is 2.76 bits per heavy atom. The molecule has 2 aromatic rings. The van der Waals surface area contributed by atoms with E-state index in [9.17, 15) is 18.4 Å². The molecule has 5 rings (SSSR count). The predicted octanol–water partition coefficient (Wildman–Crippen LogP) is 3.76. The van der Waals surface area contributed by atoms with Crippen molar-refractivity contribution in [3.05, 3.63) is 80.9 Å². The number of carbonyl (C=O) groups is 2. The number of nitrogens with zero attached hydrogens (tertiary/aromatic N) is 3. The number of benzene rings is 1. The third-order valence-electron chi connectivity index (χ3n) is 7.08. The van der Waals surface area contributed by atoms with Gasteiger partial charge in [0.05, 0.1) is 34.4 Å². The number of halogens is 2. The molecule has 2 amide bonds. The summed E-state index contributed by atoms with van der Waals surface area (Å²) >= 11 is 9.77. The van der Waals surface area contributed by atoms with Crippen LogP contribution in [-0.2, 0) is 20.3 Å². The van der Waals surface area contributed by atoms with E-state index in [1.54, 1.807) is 36.2 Å². The van der Waals surface area contributed by atoms with Gasteiger partial charge in [0.25, 0.3) is 11.8 Å². The number of hydrogen-bond donors (Lipinski definition) is 3. The molecule has 1 aromatic carbocycles. The Morgan fingerprint density at radius 2 is 2.05 bits per heavy atom. The molecule has 1 aromatic heterocycles. The highest BCUT2D eigenvalue weighted by Gasteiger charge is 2.34. The Bertz CT molecular complexity index is 1510. The smallest absolute Gasteiger partial charge is 0.253 e. The molecule has 3 unspecified atom stereocenters. The van der Waals surface area contributed by atoms with Gasteiger partial charge in [-0.1, -0.05) is 23.2 Å². The van der Waals surface area contributed by atoms with E-state index in [2.05, 4.69) is 26.1 Å². The van der Waals surface area contributed by atoms with Crippen LogP contribution in [0.3, 0.4) is 0 Å². The Hall–Kier alpha value is -3.45. The molecule has 14 heteroatoms. The summed E-state index contributed by atoms with van der Waals surface area (Å²) in [5.74, 6) is -0.474. The maximum atomic E-state index is 13.6. The highest BCUT2D eigenvalue weighted by molar-refractivity contribution is 7.74. The molecule has 3 aliphatic rings. The average Bonchev–Trinajstić information content (AvgIpc) is 3.66.